The predicted molar refractivity (Wildman–Crippen MR) is 137 cm³/mol. The summed E-state index contributed by atoms with van der Waals surface area (Å²) in [5.74, 6) is 1.58. The van der Waals surface area contributed by atoms with E-state index >= 15 is 0 Å². The Morgan fingerprint density at radius 1 is 1.06 bits per heavy atom. The molecule has 5 heteroatoms. The van der Waals surface area contributed by atoms with Gasteiger partial charge in [-0.2, -0.15) is 0 Å². The van der Waals surface area contributed by atoms with Gasteiger partial charge in [-0.15, -0.1) is 0 Å². The van der Waals surface area contributed by atoms with Crippen molar-refractivity contribution >= 4 is 5.97 Å². The van der Waals surface area contributed by atoms with E-state index in [1.807, 2.05) is 18.2 Å². The number of benzene rings is 2. The summed E-state index contributed by atoms with van der Waals surface area (Å²) in [5.41, 5.74) is 4.22. The first-order chi connectivity index (χ1) is 17.0. The Hall–Kier alpha value is -3.08. The largest absolute Gasteiger partial charge is 0.507 e. The zero-order valence-corrected chi connectivity index (χ0v) is 21.2. The van der Waals surface area contributed by atoms with Crippen molar-refractivity contribution in [2.45, 2.75) is 84.2 Å². The minimum Gasteiger partial charge on any atom is -0.507 e. The molecule has 4 rings (SSSR count). The van der Waals surface area contributed by atoms with Crippen molar-refractivity contribution < 1.29 is 19.2 Å². The Kier molecular flexibility index (Phi) is 8.62. The molecular formula is C30H39N2O3+. The first-order valence-electron chi connectivity index (χ1n) is 13.1. The van der Waals surface area contributed by atoms with Crippen LogP contribution in [-0.4, -0.2) is 22.2 Å². The van der Waals surface area contributed by atoms with Gasteiger partial charge in [0, 0.05) is 18.9 Å². The maximum absolute atomic E-state index is 12.5. The van der Waals surface area contributed by atoms with Gasteiger partial charge in [0.2, 0.25) is 0 Å². The summed E-state index contributed by atoms with van der Waals surface area (Å²) in [5, 5.41) is 10.8. The van der Waals surface area contributed by atoms with E-state index < -0.39 is 0 Å². The molecule has 1 N–H and O–H groups in total. The quantitative estimate of drug-likeness (QED) is 0.185. The van der Waals surface area contributed by atoms with E-state index in [1.165, 1.54) is 42.6 Å². The molecule has 1 aromatic heterocycles. The summed E-state index contributed by atoms with van der Waals surface area (Å²) in [6, 6.07) is 14.4. The standard InChI is InChI=1S/C30H38N2O3/c1-23-13-15-25(16-14-23)22-32-19-18-31(24(32)2)17-8-20-35-29(33)21-27-11-7-12-28(30(27)34)26-9-5-3-4-6-10-26/h7,11-16,18-19,26H,3-6,8-10,17,20-22H2,1-2H3/p+1. The second-order valence-electron chi connectivity index (χ2n) is 9.95. The van der Waals surface area contributed by atoms with Gasteiger partial charge >= 0.3 is 5.97 Å². The molecule has 2 aromatic carbocycles. The number of aromatic nitrogens is 2. The van der Waals surface area contributed by atoms with E-state index in [2.05, 4.69) is 59.6 Å². The first kappa shape index (κ1) is 25.0. The van der Waals surface area contributed by atoms with E-state index in [4.69, 9.17) is 4.74 Å². The monoisotopic (exact) mass is 475 g/mol. The van der Waals surface area contributed by atoms with E-state index in [9.17, 15) is 9.90 Å². The third-order valence-corrected chi connectivity index (χ3v) is 7.32. The van der Waals surface area contributed by atoms with Gasteiger partial charge in [-0.1, -0.05) is 73.7 Å². The molecule has 0 unspecified atom stereocenters. The molecule has 0 radical (unpaired) electrons. The van der Waals surface area contributed by atoms with Crippen molar-refractivity contribution in [3.05, 3.63) is 82.9 Å². The van der Waals surface area contributed by atoms with Crippen LogP contribution in [-0.2, 0) is 29.0 Å². The molecule has 5 nitrogen and oxygen atoms in total. The summed E-state index contributed by atoms with van der Waals surface area (Å²) in [7, 11) is 0. The van der Waals surface area contributed by atoms with Crippen LogP contribution in [0.4, 0.5) is 0 Å². The second-order valence-corrected chi connectivity index (χ2v) is 9.95. The van der Waals surface area contributed by atoms with Crippen molar-refractivity contribution in [1.29, 1.82) is 0 Å². The van der Waals surface area contributed by atoms with Crippen molar-refractivity contribution in [2.24, 2.45) is 0 Å². The van der Waals surface area contributed by atoms with Gasteiger partial charge in [0.15, 0.2) is 0 Å². The molecular weight excluding hydrogens is 436 g/mol. The number of aryl methyl sites for hydroxylation is 2. The summed E-state index contributed by atoms with van der Waals surface area (Å²) in [6.07, 6.45) is 12.3. The fraction of sp³-hybridized carbons (Fsp3) is 0.467. The van der Waals surface area contributed by atoms with Gasteiger partial charge < -0.3 is 9.84 Å². The number of esters is 1. The summed E-state index contributed by atoms with van der Waals surface area (Å²) >= 11 is 0. The maximum atomic E-state index is 12.5. The van der Waals surface area contributed by atoms with Crippen molar-refractivity contribution in [1.82, 2.24) is 4.57 Å². The molecule has 1 saturated carbocycles. The van der Waals surface area contributed by atoms with E-state index in [0.717, 1.165) is 37.9 Å². The Morgan fingerprint density at radius 3 is 2.54 bits per heavy atom. The summed E-state index contributed by atoms with van der Waals surface area (Å²) in [6.45, 7) is 6.23. The molecule has 0 amide bonds. The number of ether oxygens (including phenoxy) is 1. The van der Waals surface area contributed by atoms with Gasteiger partial charge in [-0.25, -0.2) is 9.13 Å². The number of carbonyl (C=O) groups excluding carboxylic acids is 1. The molecule has 35 heavy (non-hydrogen) atoms. The number of phenols is 1. The number of hydrogen-bond donors (Lipinski definition) is 1. The van der Waals surface area contributed by atoms with Gasteiger partial charge in [-0.3, -0.25) is 4.79 Å². The molecule has 0 atom stereocenters. The van der Waals surface area contributed by atoms with Crippen LogP contribution in [0.25, 0.3) is 0 Å². The van der Waals surface area contributed by atoms with Gasteiger partial charge in [0.05, 0.1) is 19.6 Å². The smallest absolute Gasteiger partial charge is 0.310 e. The number of para-hydroxylation sites is 1. The Morgan fingerprint density at radius 2 is 1.80 bits per heavy atom. The van der Waals surface area contributed by atoms with E-state index in [1.54, 1.807) is 0 Å². The Bertz CT molecular complexity index is 1110. The number of aromatic hydroxyl groups is 1. The number of rotatable bonds is 9. The van der Waals surface area contributed by atoms with Crippen LogP contribution in [0.5, 0.6) is 5.75 Å². The van der Waals surface area contributed by atoms with Crippen LogP contribution < -0.4 is 4.57 Å². The maximum Gasteiger partial charge on any atom is 0.310 e. The molecule has 0 spiro atoms. The molecule has 0 bridgehead atoms. The first-order valence-corrected chi connectivity index (χ1v) is 13.1. The minimum absolute atomic E-state index is 0.117. The average Bonchev–Trinajstić information content (AvgIpc) is 3.03. The Labute approximate surface area is 209 Å². The van der Waals surface area contributed by atoms with Crippen molar-refractivity contribution in [3.63, 3.8) is 0 Å². The topological polar surface area (TPSA) is 55.3 Å². The highest BCUT2D eigenvalue weighted by atomic mass is 16.5. The van der Waals surface area contributed by atoms with Crippen LogP contribution in [0.2, 0.25) is 0 Å². The zero-order valence-electron chi connectivity index (χ0n) is 21.2. The Balaban J connectivity index is 1.25. The molecule has 186 valence electrons. The molecule has 1 aliphatic rings. The SMILES string of the molecule is Cc1ccc(C[n+]2ccn(CCCOC(=O)Cc3cccc(C4CCCCCC4)c3O)c2C)cc1. The summed E-state index contributed by atoms with van der Waals surface area (Å²) < 4.78 is 9.95. The normalized spacial score (nSPS) is 14.6. The van der Waals surface area contributed by atoms with Gasteiger partial charge in [-0.05, 0) is 36.8 Å². The van der Waals surface area contributed by atoms with Crippen molar-refractivity contribution in [2.75, 3.05) is 6.61 Å². The third kappa shape index (κ3) is 6.74. The average molecular weight is 476 g/mol. The number of carbonyl (C=O) groups is 1. The van der Waals surface area contributed by atoms with Crippen LogP contribution >= 0.6 is 0 Å². The van der Waals surface area contributed by atoms with Gasteiger partial charge in [0.25, 0.3) is 5.82 Å². The van der Waals surface area contributed by atoms with Crippen LogP contribution in [0.15, 0.2) is 54.9 Å². The lowest BCUT2D eigenvalue weighted by molar-refractivity contribution is -0.694. The lowest BCUT2D eigenvalue weighted by Gasteiger charge is -2.18. The molecule has 0 saturated heterocycles. The fourth-order valence-electron chi connectivity index (χ4n) is 5.14. The van der Waals surface area contributed by atoms with Crippen LogP contribution in [0.3, 0.4) is 0 Å². The number of nitrogens with zero attached hydrogens (tertiary/aromatic N) is 2. The molecule has 1 fully saturated rings. The summed E-state index contributed by atoms with van der Waals surface area (Å²) in [4.78, 5) is 12.5. The van der Waals surface area contributed by atoms with Crippen LogP contribution in [0, 0.1) is 13.8 Å². The van der Waals surface area contributed by atoms with Crippen molar-refractivity contribution in [3.8, 4) is 5.75 Å². The van der Waals surface area contributed by atoms with Gasteiger partial charge in [0.1, 0.15) is 24.7 Å². The highest BCUT2D eigenvalue weighted by Crippen LogP contribution is 2.37. The number of imidazole rings is 1. The fourth-order valence-corrected chi connectivity index (χ4v) is 5.14. The second kappa shape index (κ2) is 12.1. The molecule has 1 heterocycles. The molecule has 3 aromatic rings. The highest BCUT2D eigenvalue weighted by molar-refractivity contribution is 5.73. The van der Waals surface area contributed by atoms with E-state index in [0.29, 0.717) is 18.1 Å². The lowest BCUT2D eigenvalue weighted by atomic mass is 9.89. The van der Waals surface area contributed by atoms with E-state index in [-0.39, 0.29) is 18.1 Å². The lowest BCUT2D eigenvalue weighted by Crippen LogP contribution is -2.36. The predicted octanol–water partition coefficient (Wildman–Crippen LogP) is 5.76. The highest BCUT2D eigenvalue weighted by Gasteiger charge is 2.20. The number of hydrogen-bond acceptors (Lipinski definition) is 3. The minimum atomic E-state index is -0.281. The third-order valence-electron chi connectivity index (χ3n) is 7.32. The zero-order chi connectivity index (χ0) is 24.6. The number of phenolic OH excluding ortho intramolecular Hbond substituents is 1. The van der Waals surface area contributed by atoms with Crippen LogP contribution in [0.1, 0.15) is 78.9 Å². The molecule has 0 aliphatic heterocycles. The molecule has 1 aliphatic carbocycles.